The number of nitrogens with one attached hydrogen (secondary N) is 1. The van der Waals surface area contributed by atoms with E-state index in [1.54, 1.807) is 20.2 Å². The number of hydrogen-bond donors (Lipinski definition) is 1. The van der Waals surface area contributed by atoms with Crippen LogP contribution in [0.25, 0.3) is 0 Å². The molecular weight excluding hydrogens is 238 g/mol. The van der Waals surface area contributed by atoms with Crippen molar-refractivity contribution >= 4 is 27.3 Å². The van der Waals surface area contributed by atoms with Crippen molar-refractivity contribution in [2.24, 2.45) is 13.0 Å². The quantitative estimate of drug-likeness (QED) is 0.796. The van der Waals surface area contributed by atoms with E-state index >= 15 is 0 Å². The number of sulfonamides is 1. The number of halogens is 1. The monoisotopic (exact) mass is 251 g/mol. The summed E-state index contributed by atoms with van der Waals surface area (Å²) in [6, 6.07) is 0. The zero-order valence-electron chi connectivity index (χ0n) is 8.64. The van der Waals surface area contributed by atoms with E-state index in [9.17, 15) is 8.42 Å². The Kier molecular flexibility index (Phi) is 3.98. The van der Waals surface area contributed by atoms with E-state index in [2.05, 4.69) is 9.82 Å². The van der Waals surface area contributed by atoms with Gasteiger partial charge in [-0.3, -0.25) is 9.40 Å². The van der Waals surface area contributed by atoms with E-state index in [4.69, 9.17) is 11.6 Å². The van der Waals surface area contributed by atoms with Crippen LogP contribution in [-0.4, -0.2) is 29.8 Å². The molecule has 0 radical (unpaired) electrons. The van der Waals surface area contributed by atoms with Crippen molar-refractivity contribution in [1.82, 2.24) is 9.78 Å². The van der Waals surface area contributed by atoms with Gasteiger partial charge in [-0.05, 0) is 5.92 Å². The maximum atomic E-state index is 11.6. The summed E-state index contributed by atoms with van der Waals surface area (Å²) in [5.41, 5.74) is 0.472. The Morgan fingerprint density at radius 1 is 1.67 bits per heavy atom. The molecule has 1 aromatic heterocycles. The Morgan fingerprint density at radius 3 is 2.80 bits per heavy atom. The number of hydrogen-bond acceptors (Lipinski definition) is 3. The highest BCUT2D eigenvalue weighted by molar-refractivity contribution is 7.92. The van der Waals surface area contributed by atoms with Crippen molar-refractivity contribution in [3.63, 3.8) is 0 Å². The van der Waals surface area contributed by atoms with Gasteiger partial charge in [-0.25, -0.2) is 8.42 Å². The minimum atomic E-state index is -3.32. The molecule has 0 bridgehead atoms. The Balaban J connectivity index is 2.64. The van der Waals surface area contributed by atoms with Crippen molar-refractivity contribution in [2.75, 3.05) is 16.4 Å². The van der Waals surface area contributed by atoms with Crippen LogP contribution < -0.4 is 4.72 Å². The van der Waals surface area contributed by atoms with E-state index in [1.807, 2.05) is 0 Å². The molecule has 0 saturated heterocycles. The highest BCUT2D eigenvalue weighted by Gasteiger charge is 2.15. The molecule has 1 aromatic rings. The predicted molar refractivity (Wildman–Crippen MR) is 60.5 cm³/mol. The van der Waals surface area contributed by atoms with E-state index in [0.29, 0.717) is 11.6 Å². The van der Waals surface area contributed by atoms with E-state index in [0.717, 1.165) is 0 Å². The summed E-state index contributed by atoms with van der Waals surface area (Å²) in [4.78, 5) is 0. The lowest BCUT2D eigenvalue weighted by molar-refractivity contribution is 0.588. The topological polar surface area (TPSA) is 64.0 Å². The van der Waals surface area contributed by atoms with Gasteiger partial charge < -0.3 is 0 Å². The highest BCUT2D eigenvalue weighted by atomic mass is 35.5. The molecule has 1 atom stereocenters. The van der Waals surface area contributed by atoms with Crippen LogP contribution in [0, 0.1) is 5.92 Å². The average molecular weight is 252 g/mol. The number of anilines is 1. The Bertz CT molecular complexity index is 415. The highest BCUT2D eigenvalue weighted by Crippen LogP contribution is 2.10. The minimum Gasteiger partial charge on any atom is -0.280 e. The summed E-state index contributed by atoms with van der Waals surface area (Å²) in [5.74, 6) is 0.278. The van der Waals surface area contributed by atoms with Gasteiger partial charge in [0, 0.05) is 19.1 Å². The summed E-state index contributed by atoms with van der Waals surface area (Å²) in [6.45, 7) is 1.79. The smallest absolute Gasteiger partial charge is 0.233 e. The van der Waals surface area contributed by atoms with Gasteiger partial charge in [-0.15, -0.1) is 11.6 Å². The van der Waals surface area contributed by atoms with Crippen LogP contribution in [0.3, 0.4) is 0 Å². The lowest BCUT2D eigenvalue weighted by Gasteiger charge is -2.09. The fraction of sp³-hybridized carbons (Fsp3) is 0.625. The third-order valence-electron chi connectivity index (χ3n) is 1.75. The fourth-order valence-electron chi connectivity index (χ4n) is 1.11. The molecular formula is C8H14ClN3O2S. The first kappa shape index (κ1) is 12.3. The zero-order valence-corrected chi connectivity index (χ0v) is 10.2. The molecule has 0 saturated carbocycles. The first-order chi connectivity index (χ1) is 6.93. The standard InChI is InChI=1S/C8H14ClN3O2S/c1-7(3-9)6-15(13,14)11-8-4-10-12(2)5-8/h4-5,7,11H,3,6H2,1-2H3. The first-order valence-electron chi connectivity index (χ1n) is 4.48. The number of nitrogens with zero attached hydrogens (tertiary/aromatic N) is 2. The third kappa shape index (κ3) is 4.09. The number of rotatable bonds is 5. The minimum absolute atomic E-state index is 0.0192. The van der Waals surface area contributed by atoms with Crippen LogP contribution in [0.2, 0.25) is 0 Å². The number of alkyl halides is 1. The van der Waals surface area contributed by atoms with Crippen LogP contribution >= 0.6 is 11.6 Å². The van der Waals surface area contributed by atoms with Crippen molar-refractivity contribution in [3.05, 3.63) is 12.4 Å². The summed E-state index contributed by atoms with van der Waals surface area (Å²) in [5, 5.41) is 3.86. The van der Waals surface area contributed by atoms with Crippen molar-refractivity contribution in [1.29, 1.82) is 0 Å². The van der Waals surface area contributed by atoms with Crippen LogP contribution in [0.5, 0.6) is 0 Å². The molecule has 0 aromatic carbocycles. The lowest BCUT2D eigenvalue weighted by Crippen LogP contribution is -2.21. The number of aryl methyl sites for hydroxylation is 1. The van der Waals surface area contributed by atoms with E-state index in [1.165, 1.54) is 10.9 Å². The first-order valence-corrected chi connectivity index (χ1v) is 6.66. The van der Waals surface area contributed by atoms with Crippen LogP contribution in [0.15, 0.2) is 12.4 Å². The maximum Gasteiger partial charge on any atom is 0.233 e. The molecule has 5 nitrogen and oxygen atoms in total. The SMILES string of the molecule is CC(CCl)CS(=O)(=O)Nc1cnn(C)c1. The van der Waals surface area contributed by atoms with Crippen molar-refractivity contribution in [2.45, 2.75) is 6.92 Å². The predicted octanol–water partition coefficient (Wildman–Crippen LogP) is 1.04. The second-order valence-corrected chi connectivity index (χ2v) is 5.62. The molecule has 0 amide bonds. The van der Waals surface area contributed by atoms with E-state index < -0.39 is 10.0 Å². The second kappa shape index (κ2) is 4.85. The molecule has 86 valence electrons. The van der Waals surface area contributed by atoms with Crippen LogP contribution in [0.4, 0.5) is 5.69 Å². The molecule has 1 heterocycles. The summed E-state index contributed by atoms with van der Waals surface area (Å²) in [6.07, 6.45) is 3.06. The van der Waals surface area contributed by atoms with Gasteiger partial charge >= 0.3 is 0 Å². The van der Waals surface area contributed by atoms with Crippen LogP contribution in [-0.2, 0) is 17.1 Å². The van der Waals surface area contributed by atoms with Crippen molar-refractivity contribution < 1.29 is 8.42 Å². The molecule has 0 spiro atoms. The fourth-order valence-corrected chi connectivity index (χ4v) is 2.77. The Labute approximate surface area is 94.5 Å². The second-order valence-electron chi connectivity index (χ2n) is 3.55. The van der Waals surface area contributed by atoms with Gasteiger partial charge in [0.1, 0.15) is 0 Å². The molecule has 15 heavy (non-hydrogen) atoms. The van der Waals surface area contributed by atoms with Gasteiger partial charge in [0.2, 0.25) is 10.0 Å². The van der Waals surface area contributed by atoms with Crippen molar-refractivity contribution in [3.8, 4) is 0 Å². The van der Waals surface area contributed by atoms with Gasteiger partial charge in [-0.2, -0.15) is 5.10 Å². The molecule has 7 heteroatoms. The van der Waals surface area contributed by atoms with Gasteiger partial charge in [0.15, 0.2) is 0 Å². The van der Waals surface area contributed by atoms with Gasteiger partial charge in [0.25, 0.3) is 0 Å². The molecule has 1 rings (SSSR count). The molecule has 0 aliphatic rings. The van der Waals surface area contributed by atoms with Gasteiger partial charge in [0.05, 0.1) is 17.6 Å². The molecule has 0 aliphatic carbocycles. The molecule has 0 aliphatic heterocycles. The van der Waals surface area contributed by atoms with E-state index in [-0.39, 0.29) is 11.7 Å². The zero-order chi connectivity index (χ0) is 11.5. The summed E-state index contributed by atoms with van der Waals surface area (Å²) in [7, 11) is -1.60. The maximum absolute atomic E-state index is 11.6. The van der Waals surface area contributed by atoms with Crippen LogP contribution in [0.1, 0.15) is 6.92 Å². The molecule has 1 N–H and O–H groups in total. The normalized spacial score (nSPS) is 13.8. The molecule has 0 fully saturated rings. The summed E-state index contributed by atoms with van der Waals surface area (Å²) < 4.78 is 27.1. The third-order valence-corrected chi connectivity index (χ3v) is 3.83. The largest absolute Gasteiger partial charge is 0.280 e. The lowest BCUT2D eigenvalue weighted by atomic mass is 10.3. The Hall–Kier alpha value is -0.750. The number of aromatic nitrogens is 2. The molecule has 1 unspecified atom stereocenters. The van der Waals surface area contributed by atoms with Gasteiger partial charge in [-0.1, -0.05) is 6.92 Å². The summed E-state index contributed by atoms with van der Waals surface area (Å²) >= 11 is 5.56. The Morgan fingerprint density at radius 2 is 2.33 bits per heavy atom. The average Bonchev–Trinajstić information content (AvgIpc) is 2.49.